The molecule has 1 aliphatic rings. The fraction of sp³-hybridized carbons (Fsp3) is 0.421. The number of fused-ring (bicyclic) bond motifs is 1. The van der Waals surface area contributed by atoms with Crippen molar-refractivity contribution in [1.29, 1.82) is 0 Å². The maximum absolute atomic E-state index is 12.5. The minimum Gasteiger partial charge on any atom is -0.469 e. The fourth-order valence-corrected chi connectivity index (χ4v) is 3.49. The SMILES string of the molecule is COC(=O)C1CCC(CNC(=O)c2cc(=O)[nH]c3ccccc23)CC1. The van der Waals surface area contributed by atoms with E-state index in [0.29, 0.717) is 23.5 Å². The third-order valence-electron chi connectivity index (χ3n) is 4.93. The number of benzene rings is 1. The molecule has 0 atom stereocenters. The summed E-state index contributed by atoms with van der Waals surface area (Å²) in [5.74, 6) is -0.0541. The fourth-order valence-electron chi connectivity index (χ4n) is 3.49. The van der Waals surface area contributed by atoms with E-state index < -0.39 is 0 Å². The van der Waals surface area contributed by atoms with E-state index in [0.717, 1.165) is 31.1 Å². The highest BCUT2D eigenvalue weighted by Crippen LogP contribution is 2.29. The number of nitrogens with one attached hydrogen (secondary N) is 2. The van der Waals surface area contributed by atoms with E-state index in [1.54, 1.807) is 6.07 Å². The van der Waals surface area contributed by atoms with Crippen LogP contribution in [0.15, 0.2) is 35.1 Å². The molecule has 132 valence electrons. The van der Waals surface area contributed by atoms with Crippen LogP contribution in [0.3, 0.4) is 0 Å². The van der Waals surface area contributed by atoms with Crippen molar-refractivity contribution in [3.8, 4) is 0 Å². The van der Waals surface area contributed by atoms with Crippen molar-refractivity contribution in [2.45, 2.75) is 25.7 Å². The van der Waals surface area contributed by atoms with Crippen LogP contribution in [-0.2, 0) is 9.53 Å². The summed E-state index contributed by atoms with van der Waals surface area (Å²) in [6, 6.07) is 8.60. The van der Waals surface area contributed by atoms with Crippen LogP contribution in [0, 0.1) is 11.8 Å². The van der Waals surface area contributed by atoms with Gasteiger partial charge < -0.3 is 15.0 Å². The second-order valence-corrected chi connectivity index (χ2v) is 6.54. The number of para-hydroxylation sites is 1. The monoisotopic (exact) mass is 342 g/mol. The lowest BCUT2D eigenvalue weighted by Crippen LogP contribution is -2.33. The molecule has 0 spiro atoms. The molecule has 25 heavy (non-hydrogen) atoms. The molecule has 1 aromatic heterocycles. The van der Waals surface area contributed by atoms with Crippen LogP contribution in [-0.4, -0.2) is 30.5 Å². The molecule has 6 nitrogen and oxygen atoms in total. The number of rotatable bonds is 4. The quantitative estimate of drug-likeness (QED) is 0.834. The highest BCUT2D eigenvalue weighted by molar-refractivity contribution is 6.05. The van der Waals surface area contributed by atoms with Gasteiger partial charge in [0.1, 0.15) is 0 Å². The third-order valence-corrected chi connectivity index (χ3v) is 4.93. The number of esters is 1. The predicted octanol–water partition coefficient (Wildman–Crippen LogP) is 2.24. The maximum atomic E-state index is 12.5. The van der Waals surface area contributed by atoms with Crippen LogP contribution in [0.25, 0.3) is 10.9 Å². The van der Waals surface area contributed by atoms with Gasteiger partial charge in [-0.3, -0.25) is 14.4 Å². The highest BCUT2D eigenvalue weighted by Gasteiger charge is 2.27. The maximum Gasteiger partial charge on any atom is 0.308 e. The Kier molecular flexibility index (Phi) is 5.16. The number of methoxy groups -OCH3 is 1. The summed E-state index contributed by atoms with van der Waals surface area (Å²) in [5, 5.41) is 3.67. The van der Waals surface area contributed by atoms with Gasteiger partial charge in [-0.25, -0.2) is 0 Å². The molecule has 1 aromatic carbocycles. The number of hydrogen-bond donors (Lipinski definition) is 2. The Hall–Kier alpha value is -2.63. The molecule has 0 unspecified atom stereocenters. The summed E-state index contributed by atoms with van der Waals surface area (Å²) >= 11 is 0. The summed E-state index contributed by atoms with van der Waals surface area (Å²) in [7, 11) is 1.42. The van der Waals surface area contributed by atoms with Gasteiger partial charge in [0, 0.05) is 23.5 Å². The Morgan fingerprint density at radius 1 is 1.20 bits per heavy atom. The molecule has 3 rings (SSSR count). The number of ether oxygens (including phenoxy) is 1. The van der Waals surface area contributed by atoms with Gasteiger partial charge in [0.25, 0.3) is 5.91 Å². The lowest BCUT2D eigenvalue weighted by molar-refractivity contribution is -0.146. The molecule has 6 heteroatoms. The summed E-state index contributed by atoms with van der Waals surface area (Å²) in [6.45, 7) is 0.549. The third kappa shape index (κ3) is 3.90. The Morgan fingerprint density at radius 3 is 2.64 bits per heavy atom. The lowest BCUT2D eigenvalue weighted by atomic mass is 9.82. The van der Waals surface area contributed by atoms with Crippen LogP contribution < -0.4 is 10.9 Å². The molecule has 0 radical (unpaired) electrons. The van der Waals surface area contributed by atoms with E-state index in [1.165, 1.54) is 13.2 Å². The smallest absolute Gasteiger partial charge is 0.308 e. The Balaban J connectivity index is 1.63. The molecule has 2 N–H and O–H groups in total. The standard InChI is InChI=1S/C19H22N2O4/c1-25-19(24)13-8-6-12(7-9-13)11-20-18(23)15-10-17(22)21-16-5-3-2-4-14(15)16/h2-5,10,12-13H,6-9,11H2,1H3,(H,20,23)(H,21,22). The first kappa shape index (κ1) is 17.2. The minimum absolute atomic E-state index is 0.0198. The van der Waals surface area contributed by atoms with Crippen molar-refractivity contribution in [3.05, 3.63) is 46.2 Å². The number of aromatic nitrogens is 1. The van der Waals surface area contributed by atoms with Gasteiger partial charge in [0.2, 0.25) is 5.56 Å². The van der Waals surface area contributed by atoms with Gasteiger partial charge >= 0.3 is 5.97 Å². The Morgan fingerprint density at radius 2 is 1.92 bits per heavy atom. The van der Waals surface area contributed by atoms with E-state index in [2.05, 4.69) is 10.3 Å². The molecule has 1 saturated carbocycles. The second-order valence-electron chi connectivity index (χ2n) is 6.54. The average Bonchev–Trinajstić information content (AvgIpc) is 2.65. The second kappa shape index (κ2) is 7.51. The van der Waals surface area contributed by atoms with Gasteiger partial charge in [-0.1, -0.05) is 18.2 Å². The van der Waals surface area contributed by atoms with E-state index in [-0.39, 0.29) is 23.4 Å². The normalized spacial score (nSPS) is 20.2. The molecule has 1 aliphatic carbocycles. The minimum atomic E-state index is -0.289. The molecular weight excluding hydrogens is 320 g/mol. The molecule has 0 saturated heterocycles. The number of pyridine rings is 1. The van der Waals surface area contributed by atoms with Gasteiger partial charge in [-0.2, -0.15) is 0 Å². The lowest BCUT2D eigenvalue weighted by Gasteiger charge is -2.27. The van der Waals surface area contributed by atoms with Crippen LogP contribution >= 0.6 is 0 Å². The van der Waals surface area contributed by atoms with Gasteiger partial charge in [0.15, 0.2) is 0 Å². The largest absolute Gasteiger partial charge is 0.469 e. The first-order chi connectivity index (χ1) is 12.1. The summed E-state index contributed by atoms with van der Waals surface area (Å²) in [4.78, 5) is 38.6. The number of aromatic amines is 1. The topological polar surface area (TPSA) is 88.3 Å². The molecular formula is C19H22N2O4. The summed E-state index contributed by atoms with van der Waals surface area (Å²) < 4.78 is 4.79. The van der Waals surface area contributed by atoms with Crippen molar-refractivity contribution in [3.63, 3.8) is 0 Å². The molecule has 1 heterocycles. The number of amides is 1. The molecule has 2 aromatic rings. The predicted molar refractivity (Wildman–Crippen MR) is 94.4 cm³/mol. The number of carbonyl (C=O) groups is 2. The highest BCUT2D eigenvalue weighted by atomic mass is 16.5. The van der Waals surface area contributed by atoms with Crippen molar-refractivity contribution >= 4 is 22.8 Å². The van der Waals surface area contributed by atoms with Gasteiger partial charge in [0.05, 0.1) is 18.6 Å². The first-order valence-electron chi connectivity index (χ1n) is 8.56. The van der Waals surface area contributed by atoms with Crippen LogP contribution in [0.5, 0.6) is 0 Å². The zero-order chi connectivity index (χ0) is 17.8. The zero-order valence-electron chi connectivity index (χ0n) is 14.2. The zero-order valence-corrected chi connectivity index (χ0v) is 14.2. The number of carbonyl (C=O) groups excluding carboxylic acids is 2. The van der Waals surface area contributed by atoms with Gasteiger partial charge in [-0.05, 0) is 37.7 Å². The van der Waals surface area contributed by atoms with E-state index >= 15 is 0 Å². The molecule has 0 bridgehead atoms. The molecule has 1 fully saturated rings. The van der Waals surface area contributed by atoms with E-state index in [4.69, 9.17) is 4.74 Å². The van der Waals surface area contributed by atoms with Crippen molar-refractivity contribution in [1.82, 2.24) is 10.3 Å². The molecule has 1 amide bonds. The van der Waals surface area contributed by atoms with Crippen LogP contribution in [0.1, 0.15) is 36.0 Å². The van der Waals surface area contributed by atoms with E-state index in [9.17, 15) is 14.4 Å². The summed E-state index contributed by atoms with van der Waals surface area (Å²) in [5.41, 5.74) is 0.753. The van der Waals surface area contributed by atoms with Gasteiger partial charge in [-0.15, -0.1) is 0 Å². The first-order valence-corrected chi connectivity index (χ1v) is 8.56. The van der Waals surface area contributed by atoms with E-state index in [1.807, 2.05) is 18.2 Å². The van der Waals surface area contributed by atoms with Crippen LogP contribution in [0.4, 0.5) is 0 Å². The van der Waals surface area contributed by atoms with Crippen molar-refractivity contribution < 1.29 is 14.3 Å². The number of H-pyrrole nitrogens is 1. The average molecular weight is 342 g/mol. The summed E-state index contributed by atoms with van der Waals surface area (Å²) in [6.07, 6.45) is 3.36. The number of hydrogen-bond acceptors (Lipinski definition) is 4. The molecule has 0 aliphatic heterocycles. The van der Waals surface area contributed by atoms with Crippen molar-refractivity contribution in [2.24, 2.45) is 11.8 Å². The van der Waals surface area contributed by atoms with Crippen molar-refractivity contribution in [2.75, 3.05) is 13.7 Å². The van der Waals surface area contributed by atoms with Crippen LogP contribution in [0.2, 0.25) is 0 Å². The Bertz CT molecular complexity index is 835. The Labute approximate surface area is 145 Å².